The van der Waals surface area contributed by atoms with E-state index in [4.69, 9.17) is 18.0 Å². The van der Waals surface area contributed by atoms with Crippen LogP contribution in [0.3, 0.4) is 0 Å². The number of nitrogens with one attached hydrogen (secondary N) is 1. The van der Waals surface area contributed by atoms with E-state index >= 15 is 0 Å². The van der Waals surface area contributed by atoms with Crippen molar-refractivity contribution in [3.8, 4) is 0 Å². The lowest BCUT2D eigenvalue weighted by molar-refractivity contribution is 1.11. The minimum Gasteiger partial charge on any atom is -0.389 e. The van der Waals surface area contributed by atoms with Crippen LogP contribution in [0.15, 0.2) is 18.3 Å². The lowest BCUT2D eigenvalue weighted by atomic mass is 10.3. The average Bonchev–Trinajstić information content (AvgIpc) is 2.89. The standard InChI is InChI=1S/C9H11N3S/c10-9(13)6-1-4-8(11-5-6)12-7-2-3-7/h1,4-5,7H,2-3H2,(H2,10,13)(H,11,12). The van der Waals surface area contributed by atoms with Crippen molar-refractivity contribution in [1.29, 1.82) is 0 Å². The van der Waals surface area contributed by atoms with E-state index in [1.807, 2.05) is 12.1 Å². The molecular formula is C9H11N3S. The summed E-state index contributed by atoms with van der Waals surface area (Å²) in [5.41, 5.74) is 6.26. The van der Waals surface area contributed by atoms with E-state index in [1.165, 1.54) is 12.8 Å². The molecule has 1 aromatic rings. The maximum absolute atomic E-state index is 5.45. The van der Waals surface area contributed by atoms with Gasteiger partial charge in [-0.2, -0.15) is 0 Å². The number of aromatic nitrogens is 1. The Morgan fingerprint density at radius 3 is 2.77 bits per heavy atom. The van der Waals surface area contributed by atoms with E-state index in [2.05, 4.69) is 10.3 Å². The molecule has 3 nitrogen and oxygen atoms in total. The van der Waals surface area contributed by atoms with Gasteiger partial charge in [0.15, 0.2) is 0 Å². The number of nitrogens with two attached hydrogens (primary N) is 1. The van der Waals surface area contributed by atoms with Crippen LogP contribution < -0.4 is 11.1 Å². The first-order valence-corrected chi connectivity index (χ1v) is 4.69. The maximum atomic E-state index is 5.45. The Balaban J connectivity index is 2.08. The summed E-state index contributed by atoms with van der Waals surface area (Å²) >= 11 is 4.82. The molecule has 0 bridgehead atoms. The molecule has 1 heterocycles. The third kappa shape index (κ3) is 2.15. The summed E-state index contributed by atoms with van der Waals surface area (Å²) in [6.07, 6.45) is 4.20. The van der Waals surface area contributed by atoms with Gasteiger partial charge in [-0.25, -0.2) is 4.98 Å². The summed E-state index contributed by atoms with van der Waals surface area (Å²) in [7, 11) is 0. The van der Waals surface area contributed by atoms with Gasteiger partial charge in [0, 0.05) is 17.8 Å². The van der Waals surface area contributed by atoms with Gasteiger partial charge in [0.2, 0.25) is 0 Å². The number of rotatable bonds is 3. The van der Waals surface area contributed by atoms with E-state index < -0.39 is 0 Å². The number of anilines is 1. The second kappa shape index (κ2) is 3.30. The quantitative estimate of drug-likeness (QED) is 0.710. The van der Waals surface area contributed by atoms with Gasteiger partial charge in [0.1, 0.15) is 10.8 Å². The third-order valence-corrected chi connectivity index (χ3v) is 2.21. The molecule has 0 atom stereocenters. The first-order chi connectivity index (χ1) is 6.25. The van der Waals surface area contributed by atoms with Crippen LogP contribution >= 0.6 is 12.2 Å². The third-order valence-electron chi connectivity index (χ3n) is 1.98. The summed E-state index contributed by atoms with van der Waals surface area (Å²) in [5.74, 6) is 0.905. The van der Waals surface area contributed by atoms with Crippen molar-refractivity contribution >= 4 is 23.0 Å². The molecule has 3 N–H and O–H groups in total. The van der Waals surface area contributed by atoms with E-state index in [0.29, 0.717) is 11.0 Å². The van der Waals surface area contributed by atoms with Gasteiger partial charge in [-0.3, -0.25) is 0 Å². The highest BCUT2D eigenvalue weighted by Crippen LogP contribution is 2.23. The molecule has 13 heavy (non-hydrogen) atoms. The van der Waals surface area contributed by atoms with Crippen LogP contribution in [0.1, 0.15) is 18.4 Å². The van der Waals surface area contributed by atoms with Crippen molar-refractivity contribution in [1.82, 2.24) is 4.98 Å². The number of pyridine rings is 1. The van der Waals surface area contributed by atoms with Gasteiger partial charge >= 0.3 is 0 Å². The normalized spacial score (nSPS) is 15.4. The zero-order valence-electron chi connectivity index (χ0n) is 7.16. The fraction of sp³-hybridized carbons (Fsp3) is 0.333. The Bertz CT molecular complexity index is 316. The molecular weight excluding hydrogens is 182 g/mol. The van der Waals surface area contributed by atoms with Crippen LogP contribution in [-0.2, 0) is 0 Å². The molecule has 0 radical (unpaired) electrons. The van der Waals surface area contributed by atoms with Crippen molar-refractivity contribution < 1.29 is 0 Å². The first-order valence-electron chi connectivity index (χ1n) is 4.28. The van der Waals surface area contributed by atoms with Gasteiger partial charge in [0.05, 0.1) is 0 Å². The fourth-order valence-corrected chi connectivity index (χ4v) is 1.18. The molecule has 0 spiro atoms. The summed E-state index contributed by atoms with van der Waals surface area (Å²) in [4.78, 5) is 4.60. The molecule has 0 aromatic carbocycles. The van der Waals surface area contributed by atoms with Crippen LogP contribution in [0, 0.1) is 0 Å². The Morgan fingerprint density at radius 2 is 2.31 bits per heavy atom. The van der Waals surface area contributed by atoms with Crippen LogP contribution in [0.4, 0.5) is 5.82 Å². The van der Waals surface area contributed by atoms with Gasteiger partial charge < -0.3 is 11.1 Å². The predicted molar refractivity (Wildman–Crippen MR) is 56.8 cm³/mol. The number of hydrogen-bond acceptors (Lipinski definition) is 3. The monoisotopic (exact) mass is 193 g/mol. The van der Waals surface area contributed by atoms with Crippen molar-refractivity contribution in [2.45, 2.75) is 18.9 Å². The Hall–Kier alpha value is -1.16. The SMILES string of the molecule is NC(=S)c1ccc(NC2CC2)nc1. The average molecular weight is 193 g/mol. The van der Waals surface area contributed by atoms with Crippen molar-refractivity contribution in [3.05, 3.63) is 23.9 Å². The number of nitrogens with zero attached hydrogens (tertiary/aromatic N) is 1. The Kier molecular flexibility index (Phi) is 2.14. The molecule has 1 aliphatic rings. The highest BCUT2D eigenvalue weighted by molar-refractivity contribution is 7.80. The van der Waals surface area contributed by atoms with Crippen LogP contribution in [0.25, 0.3) is 0 Å². The summed E-state index contributed by atoms with van der Waals surface area (Å²) in [6.45, 7) is 0. The summed E-state index contributed by atoms with van der Waals surface area (Å²) in [5, 5.41) is 3.29. The first kappa shape index (κ1) is 8.44. The van der Waals surface area contributed by atoms with E-state index in [1.54, 1.807) is 6.20 Å². The minimum absolute atomic E-state index is 0.394. The molecule has 0 saturated heterocycles. The van der Waals surface area contributed by atoms with Gasteiger partial charge in [-0.1, -0.05) is 12.2 Å². The second-order valence-corrected chi connectivity index (χ2v) is 3.65. The molecule has 0 unspecified atom stereocenters. The maximum Gasteiger partial charge on any atom is 0.126 e. The van der Waals surface area contributed by atoms with E-state index in [-0.39, 0.29) is 0 Å². The lowest BCUT2D eigenvalue weighted by Crippen LogP contribution is -2.10. The highest BCUT2D eigenvalue weighted by Gasteiger charge is 2.20. The fourth-order valence-electron chi connectivity index (χ4n) is 1.06. The van der Waals surface area contributed by atoms with Crippen LogP contribution in [0.5, 0.6) is 0 Å². The zero-order chi connectivity index (χ0) is 9.26. The van der Waals surface area contributed by atoms with Gasteiger partial charge in [-0.05, 0) is 25.0 Å². The molecule has 1 aliphatic carbocycles. The van der Waals surface area contributed by atoms with Crippen LogP contribution in [-0.4, -0.2) is 16.0 Å². The molecule has 1 fully saturated rings. The smallest absolute Gasteiger partial charge is 0.126 e. The van der Waals surface area contributed by atoms with Gasteiger partial charge in [-0.15, -0.1) is 0 Å². The largest absolute Gasteiger partial charge is 0.389 e. The van der Waals surface area contributed by atoms with Crippen molar-refractivity contribution in [2.75, 3.05) is 5.32 Å². The number of hydrogen-bond donors (Lipinski definition) is 2. The molecule has 0 aliphatic heterocycles. The zero-order valence-corrected chi connectivity index (χ0v) is 7.97. The molecule has 1 saturated carbocycles. The van der Waals surface area contributed by atoms with Crippen molar-refractivity contribution in [2.24, 2.45) is 5.73 Å². The Labute approximate surface area is 82.4 Å². The van der Waals surface area contributed by atoms with E-state index in [9.17, 15) is 0 Å². The summed E-state index contributed by atoms with van der Waals surface area (Å²) < 4.78 is 0. The number of thiocarbonyl (C=S) groups is 1. The molecule has 1 aromatic heterocycles. The summed E-state index contributed by atoms with van der Waals surface area (Å²) in [6, 6.07) is 4.43. The highest BCUT2D eigenvalue weighted by atomic mass is 32.1. The van der Waals surface area contributed by atoms with E-state index in [0.717, 1.165) is 11.4 Å². The molecule has 4 heteroatoms. The van der Waals surface area contributed by atoms with Crippen molar-refractivity contribution in [3.63, 3.8) is 0 Å². The molecule has 2 rings (SSSR count). The van der Waals surface area contributed by atoms with Crippen LogP contribution in [0.2, 0.25) is 0 Å². The topological polar surface area (TPSA) is 50.9 Å². The minimum atomic E-state index is 0.394. The molecule has 0 amide bonds. The lowest BCUT2D eigenvalue weighted by Gasteiger charge is -2.03. The van der Waals surface area contributed by atoms with Gasteiger partial charge in [0.25, 0.3) is 0 Å². The second-order valence-electron chi connectivity index (χ2n) is 3.21. The molecule has 68 valence electrons. The predicted octanol–water partition coefficient (Wildman–Crippen LogP) is 1.29. The Morgan fingerprint density at radius 1 is 1.54 bits per heavy atom.